The average molecular weight is 322 g/mol. The van der Waals surface area contributed by atoms with Crippen molar-refractivity contribution in [2.45, 2.75) is 33.4 Å². The summed E-state index contributed by atoms with van der Waals surface area (Å²) in [5.74, 6) is 1.24. The van der Waals surface area contributed by atoms with E-state index in [9.17, 15) is 4.79 Å². The minimum Gasteiger partial charge on any atom is -0.343 e. The van der Waals surface area contributed by atoms with E-state index in [2.05, 4.69) is 34.8 Å². The van der Waals surface area contributed by atoms with Gasteiger partial charge in [-0.15, -0.1) is 0 Å². The van der Waals surface area contributed by atoms with Crippen molar-refractivity contribution in [1.82, 2.24) is 19.9 Å². The van der Waals surface area contributed by atoms with Crippen LogP contribution >= 0.6 is 0 Å². The van der Waals surface area contributed by atoms with Gasteiger partial charge in [0.25, 0.3) is 5.91 Å². The molecule has 0 aliphatic rings. The Labute approximate surface area is 141 Å². The fourth-order valence-electron chi connectivity index (χ4n) is 2.65. The van der Waals surface area contributed by atoms with Crippen molar-refractivity contribution in [3.05, 3.63) is 60.2 Å². The lowest BCUT2D eigenvalue weighted by molar-refractivity contribution is 0.0944. The quantitative estimate of drug-likeness (QED) is 0.756. The molecule has 3 rings (SSSR count). The first-order chi connectivity index (χ1) is 11.7. The van der Waals surface area contributed by atoms with E-state index in [1.807, 2.05) is 18.2 Å². The van der Waals surface area contributed by atoms with E-state index in [0.717, 1.165) is 29.8 Å². The number of imidazole rings is 1. The van der Waals surface area contributed by atoms with Crippen molar-refractivity contribution in [2.24, 2.45) is 5.92 Å². The van der Waals surface area contributed by atoms with Crippen LogP contribution in [0.15, 0.2) is 48.7 Å². The molecule has 2 heterocycles. The van der Waals surface area contributed by atoms with Crippen molar-refractivity contribution < 1.29 is 4.79 Å². The maximum atomic E-state index is 12.2. The van der Waals surface area contributed by atoms with Crippen molar-refractivity contribution in [1.29, 1.82) is 0 Å². The first-order valence-corrected chi connectivity index (χ1v) is 8.32. The Bertz CT molecular complexity index is 826. The molecule has 1 unspecified atom stereocenters. The molecule has 0 bridgehead atoms. The molecule has 0 saturated heterocycles. The molecule has 0 spiro atoms. The molecule has 5 nitrogen and oxygen atoms in total. The molecule has 0 fully saturated rings. The van der Waals surface area contributed by atoms with E-state index in [0.29, 0.717) is 18.2 Å². The highest BCUT2D eigenvalue weighted by molar-refractivity contribution is 5.92. The fraction of sp³-hybridized carbons (Fsp3) is 0.316. The van der Waals surface area contributed by atoms with Crippen LogP contribution in [0, 0.1) is 5.92 Å². The van der Waals surface area contributed by atoms with Crippen LogP contribution in [0.2, 0.25) is 0 Å². The van der Waals surface area contributed by atoms with E-state index >= 15 is 0 Å². The Hall–Kier alpha value is -2.69. The van der Waals surface area contributed by atoms with Gasteiger partial charge in [0.2, 0.25) is 0 Å². The standard InChI is InChI=1S/C19H22N4O/c1-3-14(2)13-23-17-10-5-4-8-15(17)22-18(23)12-21-19(24)16-9-6-7-11-20-16/h4-11,14H,3,12-13H2,1-2H3,(H,21,24). The first kappa shape index (κ1) is 16.2. The van der Waals surface area contributed by atoms with Crippen LogP contribution in [0.3, 0.4) is 0 Å². The summed E-state index contributed by atoms with van der Waals surface area (Å²) in [6.45, 7) is 5.70. The zero-order valence-electron chi connectivity index (χ0n) is 14.1. The number of aromatic nitrogens is 3. The number of hydrogen-bond donors (Lipinski definition) is 1. The summed E-state index contributed by atoms with van der Waals surface area (Å²) in [7, 11) is 0. The molecule has 0 aliphatic carbocycles. The molecule has 1 atom stereocenters. The first-order valence-electron chi connectivity index (χ1n) is 8.32. The summed E-state index contributed by atoms with van der Waals surface area (Å²) >= 11 is 0. The van der Waals surface area contributed by atoms with Crippen molar-refractivity contribution in [3.63, 3.8) is 0 Å². The van der Waals surface area contributed by atoms with E-state index in [4.69, 9.17) is 4.98 Å². The van der Waals surface area contributed by atoms with Gasteiger partial charge in [0.15, 0.2) is 0 Å². The van der Waals surface area contributed by atoms with Crippen LogP contribution in [-0.4, -0.2) is 20.4 Å². The molecule has 2 aromatic heterocycles. The highest BCUT2D eigenvalue weighted by atomic mass is 16.1. The molecular formula is C19H22N4O. The van der Waals surface area contributed by atoms with Gasteiger partial charge in [-0.05, 0) is 30.2 Å². The van der Waals surface area contributed by atoms with E-state index in [1.54, 1.807) is 24.4 Å². The summed E-state index contributed by atoms with van der Waals surface area (Å²) in [6.07, 6.45) is 2.72. The zero-order chi connectivity index (χ0) is 16.9. The molecule has 0 saturated carbocycles. The zero-order valence-corrected chi connectivity index (χ0v) is 14.1. The predicted molar refractivity (Wildman–Crippen MR) is 94.6 cm³/mol. The smallest absolute Gasteiger partial charge is 0.270 e. The Morgan fingerprint density at radius 1 is 1.21 bits per heavy atom. The lowest BCUT2D eigenvalue weighted by Crippen LogP contribution is -2.26. The number of rotatable bonds is 6. The van der Waals surface area contributed by atoms with Crippen LogP contribution < -0.4 is 5.32 Å². The van der Waals surface area contributed by atoms with Gasteiger partial charge in [0, 0.05) is 12.7 Å². The average Bonchev–Trinajstić information content (AvgIpc) is 2.98. The number of hydrogen-bond acceptors (Lipinski definition) is 3. The van der Waals surface area contributed by atoms with Gasteiger partial charge in [-0.2, -0.15) is 0 Å². The Morgan fingerprint density at radius 2 is 2.00 bits per heavy atom. The van der Waals surface area contributed by atoms with Gasteiger partial charge in [-0.3, -0.25) is 9.78 Å². The summed E-state index contributed by atoms with van der Waals surface area (Å²) in [5.41, 5.74) is 2.49. The Morgan fingerprint density at radius 3 is 2.75 bits per heavy atom. The second-order valence-corrected chi connectivity index (χ2v) is 6.04. The molecule has 1 amide bonds. The second kappa shape index (κ2) is 7.25. The van der Waals surface area contributed by atoms with Gasteiger partial charge in [0.1, 0.15) is 11.5 Å². The molecule has 1 aromatic carbocycles. The Balaban J connectivity index is 1.83. The van der Waals surface area contributed by atoms with Gasteiger partial charge in [-0.1, -0.05) is 38.5 Å². The number of pyridine rings is 1. The summed E-state index contributed by atoms with van der Waals surface area (Å²) < 4.78 is 2.21. The van der Waals surface area contributed by atoms with E-state index < -0.39 is 0 Å². The maximum Gasteiger partial charge on any atom is 0.270 e. The lowest BCUT2D eigenvalue weighted by Gasteiger charge is -2.14. The van der Waals surface area contributed by atoms with Crippen LogP contribution in [0.1, 0.15) is 36.6 Å². The largest absolute Gasteiger partial charge is 0.343 e. The molecule has 24 heavy (non-hydrogen) atoms. The predicted octanol–water partition coefficient (Wildman–Crippen LogP) is 3.41. The van der Waals surface area contributed by atoms with Gasteiger partial charge in [-0.25, -0.2) is 4.98 Å². The minimum atomic E-state index is -0.183. The second-order valence-electron chi connectivity index (χ2n) is 6.04. The van der Waals surface area contributed by atoms with Crippen molar-refractivity contribution >= 4 is 16.9 Å². The molecule has 0 aliphatic heterocycles. The number of nitrogens with zero attached hydrogens (tertiary/aromatic N) is 3. The third-order valence-electron chi connectivity index (χ3n) is 4.23. The van der Waals surface area contributed by atoms with Crippen molar-refractivity contribution in [3.8, 4) is 0 Å². The number of nitrogens with one attached hydrogen (secondary N) is 1. The molecular weight excluding hydrogens is 300 g/mol. The number of fused-ring (bicyclic) bond motifs is 1. The number of carbonyl (C=O) groups is 1. The van der Waals surface area contributed by atoms with E-state index in [1.165, 1.54) is 0 Å². The number of para-hydroxylation sites is 2. The minimum absolute atomic E-state index is 0.183. The lowest BCUT2D eigenvalue weighted by atomic mass is 10.1. The highest BCUT2D eigenvalue weighted by Gasteiger charge is 2.14. The van der Waals surface area contributed by atoms with Crippen LogP contribution in [-0.2, 0) is 13.1 Å². The van der Waals surface area contributed by atoms with Crippen LogP contribution in [0.25, 0.3) is 11.0 Å². The monoisotopic (exact) mass is 322 g/mol. The van der Waals surface area contributed by atoms with Crippen molar-refractivity contribution in [2.75, 3.05) is 0 Å². The van der Waals surface area contributed by atoms with Crippen LogP contribution in [0.4, 0.5) is 0 Å². The van der Waals surface area contributed by atoms with E-state index in [-0.39, 0.29) is 5.91 Å². The SMILES string of the molecule is CCC(C)Cn1c(CNC(=O)c2ccccn2)nc2ccccc21. The van der Waals surface area contributed by atoms with Gasteiger partial charge >= 0.3 is 0 Å². The molecule has 3 aromatic rings. The number of amides is 1. The Kier molecular flexibility index (Phi) is 4.89. The number of carbonyl (C=O) groups excluding carboxylic acids is 1. The summed E-state index contributed by atoms with van der Waals surface area (Å²) in [6, 6.07) is 13.4. The maximum absolute atomic E-state index is 12.2. The van der Waals surface area contributed by atoms with Gasteiger partial charge in [0.05, 0.1) is 17.6 Å². The molecule has 124 valence electrons. The summed E-state index contributed by atoms with van der Waals surface area (Å²) in [4.78, 5) is 21.0. The molecule has 0 radical (unpaired) electrons. The highest BCUT2D eigenvalue weighted by Crippen LogP contribution is 2.19. The number of benzene rings is 1. The molecule has 1 N–H and O–H groups in total. The van der Waals surface area contributed by atoms with Crippen LogP contribution in [0.5, 0.6) is 0 Å². The normalized spacial score (nSPS) is 12.2. The topological polar surface area (TPSA) is 59.8 Å². The summed E-state index contributed by atoms with van der Waals surface area (Å²) in [5, 5.41) is 2.92. The van der Waals surface area contributed by atoms with Gasteiger partial charge < -0.3 is 9.88 Å². The third-order valence-corrected chi connectivity index (χ3v) is 4.23. The molecule has 5 heteroatoms. The fourth-order valence-corrected chi connectivity index (χ4v) is 2.65. The third kappa shape index (κ3) is 3.45.